The summed E-state index contributed by atoms with van der Waals surface area (Å²) in [5.41, 5.74) is 1.06. The van der Waals surface area contributed by atoms with Crippen molar-refractivity contribution in [2.75, 3.05) is 11.4 Å². The summed E-state index contributed by atoms with van der Waals surface area (Å²) in [6.07, 6.45) is 1.85. The first kappa shape index (κ1) is 17.1. The number of ketones is 1. The maximum atomic E-state index is 13.0. The van der Waals surface area contributed by atoms with Crippen molar-refractivity contribution in [1.82, 2.24) is 0 Å². The van der Waals surface area contributed by atoms with Crippen molar-refractivity contribution in [2.24, 2.45) is 0 Å². The van der Waals surface area contributed by atoms with E-state index < -0.39 is 4.92 Å². The van der Waals surface area contributed by atoms with Crippen LogP contribution in [0.2, 0.25) is 5.02 Å². The minimum atomic E-state index is -0.565. The maximum absolute atomic E-state index is 13.0. The van der Waals surface area contributed by atoms with Crippen molar-refractivity contribution >= 4 is 34.7 Å². The van der Waals surface area contributed by atoms with Gasteiger partial charge in [-0.2, -0.15) is 0 Å². The number of nitrogens with zero attached hydrogens (tertiary/aromatic N) is 2. The third-order valence-electron chi connectivity index (χ3n) is 4.17. The first-order chi connectivity index (χ1) is 12.0. The Bertz CT molecular complexity index is 866. The fourth-order valence-corrected chi connectivity index (χ4v) is 3.16. The Labute approximate surface area is 149 Å². The monoisotopic (exact) mass is 358 g/mol. The highest BCUT2D eigenvalue weighted by Crippen LogP contribution is 2.30. The van der Waals surface area contributed by atoms with E-state index in [1.807, 2.05) is 0 Å². The average molecular weight is 359 g/mol. The highest BCUT2D eigenvalue weighted by molar-refractivity contribution is 6.34. The second-order valence-corrected chi connectivity index (χ2v) is 6.18. The Hall–Kier alpha value is -2.73. The van der Waals surface area contributed by atoms with E-state index in [1.165, 1.54) is 17.0 Å². The van der Waals surface area contributed by atoms with Gasteiger partial charge in [-0.15, -0.1) is 0 Å². The number of rotatable bonds is 2. The molecule has 25 heavy (non-hydrogen) atoms. The van der Waals surface area contributed by atoms with Crippen LogP contribution in [0.1, 0.15) is 40.0 Å². The molecule has 0 bridgehead atoms. The first-order valence-electron chi connectivity index (χ1n) is 7.87. The molecular formula is C18H15ClN2O4. The molecule has 0 saturated carbocycles. The Morgan fingerprint density at radius 3 is 2.64 bits per heavy atom. The van der Waals surface area contributed by atoms with Gasteiger partial charge in [0, 0.05) is 30.7 Å². The predicted octanol–water partition coefficient (Wildman–Crippen LogP) is 4.26. The Balaban J connectivity index is 2.03. The van der Waals surface area contributed by atoms with Crippen LogP contribution in [0, 0.1) is 10.1 Å². The van der Waals surface area contributed by atoms with Gasteiger partial charge >= 0.3 is 0 Å². The van der Waals surface area contributed by atoms with E-state index >= 15 is 0 Å². The zero-order chi connectivity index (χ0) is 18.0. The van der Waals surface area contributed by atoms with Gasteiger partial charge in [0.05, 0.1) is 21.2 Å². The molecule has 0 radical (unpaired) electrons. The summed E-state index contributed by atoms with van der Waals surface area (Å²) in [5, 5.41) is 10.9. The van der Waals surface area contributed by atoms with Crippen molar-refractivity contribution in [2.45, 2.75) is 19.3 Å². The number of nitro groups is 1. The van der Waals surface area contributed by atoms with Gasteiger partial charge in [-0.3, -0.25) is 19.7 Å². The Morgan fingerprint density at radius 2 is 1.92 bits per heavy atom. The Kier molecular flexibility index (Phi) is 4.81. The molecule has 7 heteroatoms. The van der Waals surface area contributed by atoms with Crippen molar-refractivity contribution < 1.29 is 14.5 Å². The van der Waals surface area contributed by atoms with Crippen molar-refractivity contribution in [1.29, 1.82) is 0 Å². The van der Waals surface area contributed by atoms with E-state index in [1.54, 1.807) is 24.3 Å². The molecule has 2 aromatic rings. The molecule has 1 aliphatic heterocycles. The second-order valence-electron chi connectivity index (χ2n) is 5.78. The zero-order valence-corrected chi connectivity index (χ0v) is 14.0. The van der Waals surface area contributed by atoms with Gasteiger partial charge in [-0.05, 0) is 31.0 Å². The van der Waals surface area contributed by atoms with Crippen LogP contribution < -0.4 is 4.90 Å². The molecule has 1 heterocycles. The van der Waals surface area contributed by atoms with Crippen LogP contribution >= 0.6 is 11.6 Å². The summed E-state index contributed by atoms with van der Waals surface area (Å²) in [6, 6.07) is 10.7. The molecule has 0 aromatic heterocycles. The summed E-state index contributed by atoms with van der Waals surface area (Å²) >= 11 is 6.10. The van der Waals surface area contributed by atoms with Crippen molar-refractivity contribution in [3.05, 3.63) is 68.7 Å². The third-order valence-corrected chi connectivity index (χ3v) is 4.48. The number of amides is 1. The summed E-state index contributed by atoms with van der Waals surface area (Å²) in [5.74, 6) is -0.370. The zero-order valence-electron chi connectivity index (χ0n) is 13.3. The van der Waals surface area contributed by atoms with E-state index in [4.69, 9.17) is 11.6 Å². The molecule has 0 N–H and O–H groups in total. The van der Waals surface area contributed by atoms with Gasteiger partial charge in [-0.25, -0.2) is 0 Å². The number of hydrogen-bond donors (Lipinski definition) is 0. The number of fused-ring (bicyclic) bond motifs is 1. The standard InChI is InChI=1S/C18H15ClN2O4/c19-15-11-12(21(24)25)8-9-13(15)18(23)20-10-4-3-7-17(22)14-5-1-2-6-16(14)20/h1-2,5-6,8-9,11H,3-4,7,10H2. The van der Waals surface area contributed by atoms with Gasteiger partial charge in [0.25, 0.3) is 11.6 Å². The number of carbonyl (C=O) groups is 2. The van der Waals surface area contributed by atoms with Crippen LogP contribution in [0.4, 0.5) is 11.4 Å². The number of nitro benzene ring substituents is 1. The Morgan fingerprint density at radius 1 is 1.16 bits per heavy atom. The second kappa shape index (κ2) is 7.03. The number of carbonyl (C=O) groups excluding carboxylic acids is 2. The van der Waals surface area contributed by atoms with Gasteiger partial charge < -0.3 is 4.90 Å². The molecule has 0 atom stereocenters. The number of para-hydroxylation sites is 1. The molecular weight excluding hydrogens is 344 g/mol. The molecule has 3 rings (SSSR count). The average Bonchev–Trinajstić information content (AvgIpc) is 2.59. The van der Waals surface area contributed by atoms with Crippen LogP contribution in [0.5, 0.6) is 0 Å². The topological polar surface area (TPSA) is 80.5 Å². The molecule has 2 aromatic carbocycles. The molecule has 128 valence electrons. The SMILES string of the molecule is O=C1CCCCN(C(=O)c2ccc([N+](=O)[O-])cc2Cl)c2ccccc21. The lowest BCUT2D eigenvalue weighted by atomic mass is 9.99. The number of halogens is 1. The van der Waals surface area contributed by atoms with Gasteiger partial charge in [-0.1, -0.05) is 23.7 Å². The first-order valence-corrected chi connectivity index (χ1v) is 8.25. The van der Waals surface area contributed by atoms with Crippen LogP contribution in [-0.4, -0.2) is 23.2 Å². The van der Waals surface area contributed by atoms with Gasteiger partial charge in [0.1, 0.15) is 0 Å². The molecule has 0 saturated heterocycles. The number of hydrogen-bond acceptors (Lipinski definition) is 4. The molecule has 0 spiro atoms. The van der Waals surface area contributed by atoms with Crippen LogP contribution in [0.25, 0.3) is 0 Å². The minimum Gasteiger partial charge on any atom is -0.308 e. The van der Waals surface area contributed by atoms with Gasteiger partial charge in [0.2, 0.25) is 0 Å². The normalized spacial score (nSPS) is 14.4. The smallest absolute Gasteiger partial charge is 0.270 e. The quantitative estimate of drug-likeness (QED) is 0.593. The highest BCUT2D eigenvalue weighted by Gasteiger charge is 2.26. The van der Waals surface area contributed by atoms with Crippen LogP contribution in [-0.2, 0) is 0 Å². The molecule has 1 amide bonds. The molecule has 1 aliphatic rings. The third kappa shape index (κ3) is 3.39. The molecule has 0 aliphatic carbocycles. The van der Waals surface area contributed by atoms with Crippen molar-refractivity contribution in [3.63, 3.8) is 0 Å². The predicted molar refractivity (Wildman–Crippen MR) is 94.4 cm³/mol. The summed E-state index contributed by atoms with van der Waals surface area (Å²) in [4.78, 5) is 37.1. The van der Waals surface area contributed by atoms with E-state index in [-0.39, 0.29) is 28.0 Å². The van der Waals surface area contributed by atoms with E-state index in [0.29, 0.717) is 37.1 Å². The largest absolute Gasteiger partial charge is 0.308 e. The lowest BCUT2D eigenvalue weighted by molar-refractivity contribution is -0.384. The van der Waals surface area contributed by atoms with Gasteiger partial charge in [0.15, 0.2) is 5.78 Å². The maximum Gasteiger partial charge on any atom is 0.270 e. The fourth-order valence-electron chi connectivity index (χ4n) is 2.90. The minimum absolute atomic E-state index is 0.00268. The number of benzene rings is 2. The molecule has 0 unspecified atom stereocenters. The molecule has 6 nitrogen and oxygen atoms in total. The lowest BCUT2D eigenvalue weighted by Gasteiger charge is -2.27. The summed E-state index contributed by atoms with van der Waals surface area (Å²) in [7, 11) is 0. The molecule has 0 fully saturated rings. The fraction of sp³-hybridized carbons (Fsp3) is 0.222. The summed E-state index contributed by atoms with van der Waals surface area (Å²) < 4.78 is 0. The van der Waals surface area contributed by atoms with Crippen molar-refractivity contribution in [3.8, 4) is 0 Å². The van der Waals surface area contributed by atoms with E-state index in [9.17, 15) is 19.7 Å². The summed E-state index contributed by atoms with van der Waals surface area (Å²) in [6.45, 7) is 0.455. The van der Waals surface area contributed by atoms with E-state index in [0.717, 1.165) is 6.07 Å². The lowest BCUT2D eigenvalue weighted by Crippen LogP contribution is -2.34. The highest BCUT2D eigenvalue weighted by atomic mass is 35.5. The number of Topliss-reactive ketones (excluding diaryl/α,β-unsaturated/α-hetero) is 1. The number of anilines is 1. The van der Waals surface area contributed by atoms with Crippen LogP contribution in [0.15, 0.2) is 42.5 Å². The van der Waals surface area contributed by atoms with Crippen LogP contribution in [0.3, 0.4) is 0 Å². The number of non-ortho nitro benzene ring substituents is 1. The van der Waals surface area contributed by atoms with E-state index in [2.05, 4.69) is 0 Å².